The average Bonchev–Trinajstić information content (AvgIpc) is 3.82. The van der Waals surface area contributed by atoms with Crippen LogP contribution in [0, 0.1) is 0 Å². The predicted molar refractivity (Wildman–Crippen MR) is 224 cm³/mol. The minimum atomic E-state index is -1.96. The summed E-state index contributed by atoms with van der Waals surface area (Å²) in [5, 5.41) is 5.65. The Morgan fingerprint density at radius 3 is 1.53 bits per heavy atom. The molecule has 0 fully saturated rings. The lowest BCUT2D eigenvalue weighted by Gasteiger charge is -2.36. The van der Waals surface area contributed by atoms with Crippen molar-refractivity contribution in [3.8, 4) is 0 Å². The van der Waals surface area contributed by atoms with Crippen LogP contribution >= 0.6 is 38.6 Å². The fraction of sp³-hybridized carbons (Fsp3) is 0.528. The van der Waals surface area contributed by atoms with Gasteiger partial charge >= 0.3 is 5.97 Å². The molecule has 0 saturated carbocycles. The summed E-state index contributed by atoms with van der Waals surface area (Å²) in [6, 6.07) is 7.37. The first-order valence-electron chi connectivity index (χ1n) is 17.1. The smallest absolute Gasteiger partial charge is 0.338 e. The van der Waals surface area contributed by atoms with Gasteiger partial charge in [0.05, 0.1) is 37.3 Å². The SMILES string of the molecule is COCN(c1cc(Br)cc(CO[Si](C)(C)C(C)(C)C)n1)c1nccs1.COCN(c1cc(C(=O)OC)cc(CO[Si](C)(C)C(C)(C)C)n1)c1nccs1. The number of carbonyl (C=O) groups is 1. The van der Waals surface area contributed by atoms with Gasteiger partial charge in [-0.25, -0.2) is 24.7 Å². The van der Waals surface area contributed by atoms with Crippen molar-refractivity contribution >= 4 is 83.1 Å². The van der Waals surface area contributed by atoms with Crippen molar-refractivity contribution in [1.82, 2.24) is 19.9 Å². The van der Waals surface area contributed by atoms with E-state index in [0.717, 1.165) is 26.2 Å². The number of anilines is 4. The molecule has 0 bridgehead atoms. The monoisotopic (exact) mass is 866 g/mol. The molecule has 0 aliphatic heterocycles. The minimum absolute atomic E-state index is 0.0821. The van der Waals surface area contributed by atoms with Gasteiger partial charge in [-0.15, -0.1) is 22.7 Å². The molecule has 0 unspecified atom stereocenters. The van der Waals surface area contributed by atoms with E-state index in [2.05, 4.69) is 93.6 Å². The van der Waals surface area contributed by atoms with Gasteiger partial charge in [0.25, 0.3) is 0 Å². The van der Waals surface area contributed by atoms with E-state index in [1.165, 1.54) is 18.4 Å². The maximum absolute atomic E-state index is 12.2. The first kappa shape index (κ1) is 44.8. The summed E-state index contributed by atoms with van der Waals surface area (Å²) in [6.45, 7) is 23.6. The number of carbonyl (C=O) groups excluding carboxylic acids is 1. The summed E-state index contributed by atoms with van der Waals surface area (Å²) >= 11 is 6.61. The molecule has 0 saturated heterocycles. The van der Waals surface area contributed by atoms with Gasteiger partial charge < -0.3 is 23.1 Å². The average molecular weight is 868 g/mol. The molecule has 4 aromatic heterocycles. The molecule has 0 aliphatic carbocycles. The number of rotatable bonds is 15. The number of hydrogen-bond donors (Lipinski definition) is 0. The highest BCUT2D eigenvalue weighted by atomic mass is 79.9. The van der Waals surface area contributed by atoms with Crippen LogP contribution in [0.3, 0.4) is 0 Å². The molecule has 0 aromatic carbocycles. The van der Waals surface area contributed by atoms with E-state index in [1.54, 1.807) is 50.1 Å². The lowest BCUT2D eigenvalue weighted by atomic mass is 10.2. The Morgan fingerprint density at radius 2 is 1.15 bits per heavy atom. The molecule has 53 heavy (non-hydrogen) atoms. The number of ether oxygens (including phenoxy) is 3. The van der Waals surface area contributed by atoms with Crippen molar-refractivity contribution in [2.75, 3.05) is 44.6 Å². The van der Waals surface area contributed by atoms with E-state index in [0.29, 0.717) is 37.0 Å². The second-order valence-electron chi connectivity index (χ2n) is 15.3. The standard InChI is InChI=1S/C19H29N3O4SSi.C17H26BrN3O2SSi/c1-19(2,3)28(6,7)26-12-15-10-14(17(23)25-5)11-16(21-15)22(13-24-4)18-20-8-9-27-18;1-17(2,3)25(5,6)23-11-14-9-13(18)10-15(20-14)21(12-22-4)16-19-7-8-24-16/h8-11H,12-13H2,1-7H3;7-10H,11-12H2,1-6H3. The zero-order chi connectivity index (χ0) is 39.6. The van der Waals surface area contributed by atoms with Gasteiger partial charge in [0, 0.05) is 41.8 Å². The van der Waals surface area contributed by atoms with Crippen molar-refractivity contribution in [2.45, 2.75) is 91.0 Å². The molecule has 0 spiro atoms. The lowest BCUT2D eigenvalue weighted by Crippen LogP contribution is -2.40. The van der Waals surface area contributed by atoms with Gasteiger partial charge in [-0.1, -0.05) is 57.5 Å². The summed E-state index contributed by atoms with van der Waals surface area (Å²) < 4.78 is 29.1. The van der Waals surface area contributed by atoms with Gasteiger partial charge in [0.2, 0.25) is 0 Å². The molecule has 0 N–H and O–H groups in total. The molecule has 0 atom stereocenters. The largest absolute Gasteiger partial charge is 0.465 e. The van der Waals surface area contributed by atoms with Crippen molar-refractivity contribution in [3.63, 3.8) is 0 Å². The van der Waals surface area contributed by atoms with Gasteiger partial charge in [-0.3, -0.25) is 9.80 Å². The van der Waals surface area contributed by atoms with E-state index in [-0.39, 0.29) is 16.8 Å². The summed E-state index contributed by atoms with van der Waals surface area (Å²) in [6.07, 6.45) is 3.50. The summed E-state index contributed by atoms with van der Waals surface area (Å²) in [5.74, 6) is 0.933. The first-order chi connectivity index (χ1) is 24.7. The zero-order valence-corrected chi connectivity index (χ0v) is 38.5. The van der Waals surface area contributed by atoms with Crippen molar-refractivity contribution in [1.29, 1.82) is 0 Å². The van der Waals surface area contributed by atoms with Gasteiger partial charge in [0.15, 0.2) is 26.9 Å². The van der Waals surface area contributed by atoms with Crippen LogP contribution in [0.2, 0.25) is 36.3 Å². The topological polar surface area (TPSA) is 121 Å². The predicted octanol–water partition coefficient (Wildman–Crippen LogP) is 10.2. The quantitative estimate of drug-likeness (QED) is 0.0642. The molecular weight excluding hydrogens is 813 g/mol. The summed E-state index contributed by atoms with van der Waals surface area (Å²) in [5.41, 5.74) is 1.98. The lowest BCUT2D eigenvalue weighted by molar-refractivity contribution is 0.0600. The number of esters is 1. The minimum Gasteiger partial charge on any atom is -0.465 e. The fourth-order valence-corrected chi connectivity index (χ4v) is 7.73. The number of hydrogen-bond acceptors (Lipinski definition) is 14. The maximum Gasteiger partial charge on any atom is 0.338 e. The molecule has 4 rings (SSSR count). The molecule has 0 amide bonds. The maximum atomic E-state index is 12.2. The van der Waals surface area contributed by atoms with Crippen LogP contribution in [0.5, 0.6) is 0 Å². The van der Waals surface area contributed by atoms with Crippen LogP contribution in [0.1, 0.15) is 63.3 Å². The Bertz CT molecular complexity index is 1740. The highest BCUT2D eigenvalue weighted by Gasteiger charge is 2.38. The van der Waals surface area contributed by atoms with Crippen LogP contribution in [-0.4, -0.2) is 77.3 Å². The van der Waals surface area contributed by atoms with Crippen LogP contribution in [0.4, 0.5) is 21.9 Å². The van der Waals surface area contributed by atoms with Gasteiger partial charge in [-0.05, 0) is 60.5 Å². The zero-order valence-electron chi connectivity index (χ0n) is 33.3. The van der Waals surface area contributed by atoms with E-state index >= 15 is 0 Å². The Hall–Kier alpha value is -2.62. The molecule has 292 valence electrons. The number of pyridine rings is 2. The normalized spacial score (nSPS) is 12.3. The second-order valence-corrected chi connectivity index (χ2v) is 27.5. The Kier molecular flexibility index (Phi) is 16.3. The van der Waals surface area contributed by atoms with E-state index < -0.39 is 22.6 Å². The third-order valence-electron chi connectivity index (χ3n) is 9.26. The Morgan fingerprint density at radius 1 is 0.717 bits per heavy atom. The second kappa shape index (κ2) is 19.3. The third kappa shape index (κ3) is 12.7. The van der Waals surface area contributed by atoms with Crippen LogP contribution in [0.25, 0.3) is 0 Å². The van der Waals surface area contributed by atoms with Crippen molar-refractivity contribution < 1.29 is 27.9 Å². The number of halogens is 1. The molecule has 17 heteroatoms. The van der Waals surface area contributed by atoms with E-state index in [9.17, 15) is 4.79 Å². The third-order valence-corrected chi connectivity index (χ3v) is 20.3. The summed E-state index contributed by atoms with van der Waals surface area (Å²) in [7, 11) is 0.853. The number of methoxy groups -OCH3 is 3. The first-order valence-corrected chi connectivity index (χ1v) is 25.5. The molecule has 12 nitrogen and oxygen atoms in total. The van der Waals surface area contributed by atoms with Crippen LogP contribution in [-0.2, 0) is 36.3 Å². The Labute approximate surface area is 333 Å². The van der Waals surface area contributed by atoms with Crippen LogP contribution in [0.15, 0.2) is 51.9 Å². The molecule has 4 aromatic rings. The van der Waals surface area contributed by atoms with Gasteiger partial charge in [-0.2, -0.15) is 0 Å². The Balaban J connectivity index is 0.000000287. The molecule has 0 radical (unpaired) electrons. The highest BCUT2D eigenvalue weighted by molar-refractivity contribution is 9.10. The fourth-order valence-electron chi connectivity index (χ4n) is 4.10. The number of thiazole rings is 2. The molecule has 4 heterocycles. The summed E-state index contributed by atoms with van der Waals surface area (Å²) in [4.78, 5) is 34.2. The van der Waals surface area contributed by atoms with Crippen molar-refractivity contribution in [3.05, 3.63) is 68.8 Å². The van der Waals surface area contributed by atoms with Crippen LogP contribution < -0.4 is 9.80 Å². The number of nitrogens with zero attached hydrogens (tertiary/aromatic N) is 6. The van der Waals surface area contributed by atoms with Crippen molar-refractivity contribution in [2.24, 2.45) is 0 Å². The number of aromatic nitrogens is 4. The van der Waals surface area contributed by atoms with Gasteiger partial charge in [0.1, 0.15) is 25.1 Å². The van der Waals surface area contributed by atoms with E-state index in [1.807, 2.05) is 32.7 Å². The van der Waals surface area contributed by atoms with E-state index in [4.69, 9.17) is 33.0 Å². The molecular formula is C36H55BrN6O6S2Si2. The molecule has 0 aliphatic rings. The highest BCUT2D eigenvalue weighted by Crippen LogP contribution is 2.38.